The second-order valence-corrected chi connectivity index (χ2v) is 4.54. The fourth-order valence-electron chi connectivity index (χ4n) is 1.34. The lowest BCUT2D eigenvalue weighted by Gasteiger charge is -2.39. The predicted molar refractivity (Wildman–Crippen MR) is 57.2 cm³/mol. The third-order valence-corrected chi connectivity index (χ3v) is 3.61. The van der Waals surface area contributed by atoms with Gasteiger partial charge < -0.3 is 24.8 Å². The van der Waals surface area contributed by atoms with Crippen LogP contribution in [0.25, 0.3) is 0 Å². The summed E-state index contributed by atoms with van der Waals surface area (Å²) in [7, 11) is 0. The number of alkyl halides is 1. The van der Waals surface area contributed by atoms with Gasteiger partial charge in [0, 0.05) is 6.61 Å². The topological polar surface area (TPSA) is 79.2 Å². The van der Waals surface area contributed by atoms with E-state index in [2.05, 4.69) is 0 Å². The Hall–Kier alpha value is 0.530. The maximum absolute atomic E-state index is 9.65. The maximum atomic E-state index is 9.65. The molecule has 0 aliphatic carbocycles. The number of halogens is 1. The molecular weight excluding hydrogens is 299 g/mol. The highest BCUT2D eigenvalue weighted by molar-refractivity contribution is 14.1. The van der Waals surface area contributed by atoms with Crippen LogP contribution in [-0.2, 0) is 9.47 Å². The van der Waals surface area contributed by atoms with Crippen molar-refractivity contribution in [2.24, 2.45) is 0 Å². The highest BCUT2D eigenvalue weighted by Gasteiger charge is 2.43. The van der Waals surface area contributed by atoms with E-state index < -0.39 is 28.5 Å². The Bertz CT molecular complexity index is 175. The van der Waals surface area contributed by atoms with Crippen molar-refractivity contribution in [3.63, 3.8) is 0 Å². The van der Waals surface area contributed by atoms with E-state index in [-0.39, 0.29) is 6.61 Å². The van der Waals surface area contributed by atoms with Crippen molar-refractivity contribution in [2.75, 3.05) is 13.2 Å². The first-order chi connectivity index (χ1) is 6.61. The highest BCUT2D eigenvalue weighted by Crippen LogP contribution is 2.27. The van der Waals surface area contributed by atoms with Crippen molar-refractivity contribution < 1.29 is 24.8 Å². The molecule has 1 aliphatic heterocycles. The molecule has 0 radical (unpaired) electrons. The maximum Gasteiger partial charge on any atom is 0.185 e. The van der Waals surface area contributed by atoms with E-state index in [0.717, 1.165) is 0 Å². The quantitative estimate of drug-likeness (QED) is 0.473. The van der Waals surface area contributed by atoms with Gasteiger partial charge in [-0.3, -0.25) is 0 Å². The molecule has 84 valence electrons. The second-order valence-electron chi connectivity index (χ2n) is 3.11. The molecule has 1 aliphatic rings. The molecule has 5 atom stereocenters. The Morgan fingerprint density at radius 3 is 2.50 bits per heavy atom. The summed E-state index contributed by atoms with van der Waals surface area (Å²) in [6, 6.07) is 0. The molecule has 0 spiro atoms. The van der Waals surface area contributed by atoms with Crippen LogP contribution in [0.3, 0.4) is 0 Å². The van der Waals surface area contributed by atoms with Gasteiger partial charge >= 0.3 is 0 Å². The molecule has 1 heterocycles. The normalized spacial score (nSPS) is 43.9. The number of aliphatic hydroxyl groups is 3. The molecule has 5 nitrogen and oxygen atoms in total. The third kappa shape index (κ3) is 2.56. The van der Waals surface area contributed by atoms with Crippen molar-refractivity contribution in [3.05, 3.63) is 0 Å². The molecule has 1 saturated heterocycles. The van der Waals surface area contributed by atoms with E-state index in [1.165, 1.54) is 0 Å². The van der Waals surface area contributed by atoms with Gasteiger partial charge in [0.2, 0.25) is 0 Å². The molecular formula is C8H15IO5. The first kappa shape index (κ1) is 12.6. The number of ether oxygens (including phenoxy) is 2. The molecule has 0 aromatic heterocycles. The van der Waals surface area contributed by atoms with E-state index in [9.17, 15) is 10.2 Å². The molecule has 0 saturated carbocycles. The summed E-state index contributed by atoms with van der Waals surface area (Å²) in [6.45, 7) is 1.92. The highest BCUT2D eigenvalue weighted by atomic mass is 123. The van der Waals surface area contributed by atoms with Gasteiger partial charge in [-0.15, -0.1) is 0 Å². The molecule has 1 fully saturated rings. The molecule has 0 aromatic carbocycles. The number of rotatable bonds is 3. The fraction of sp³-hybridized carbons (Fsp3) is 1.00. The van der Waals surface area contributed by atoms with Crippen molar-refractivity contribution in [3.8, 4) is 0 Å². The monoisotopic (exact) mass is 314 g/mol. The van der Waals surface area contributed by atoms with Crippen LogP contribution in [0, 0.1) is 0 Å². The molecule has 1 rings (SSSR count). The van der Waals surface area contributed by atoms with Gasteiger partial charge in [-0.05, 0) is 6.92 Å². The Kier molecular flexibility index (Phi) is 5.01. The molecule has 0 amide bonds. The molecule has 6 heteroatoms. The minimum Gasteiger partial charge on any atom is -0.394 e. The predicted octanol–water partition coefficient (Wildman–Crippen LogP) is -0.735. The van der Waals surface area contributed by atoms with Gasteiger partial charge in [0.25, 0.3) is 0 Å². The Morgan fingerprint density at radius 2 is 2.00 bits per heavy atom. The summed E-state index contributed by atoms with van der Waals surface area (Å²) in [5.41, 5.74) is 0. The van der Waals surface area contributed by atoms with Crippen LogP contribution in [0.5, 0.6) is 0 Å². The van der Waals surface area contributed by atoms with E-state index in [1.54, 1.807) is 6.92 Å². The molecule has 0 aromatic rings. The van der Waals surface area contributed by atoms with E-state index in [0.29, 0.717) is 6.61 Å². The Morgan fingerprint density at radius 1 is 1.36 bits per heavy atom. The number of aliphatic hydroxyl groups excluding tert-OH is 3. The summed E-state index contributed by atoms with van der Waals surface area (Å²) in [5.74, 6) is 0. The lowest BCUT2D eigenvalue weighted by atomic mass is 10.0. The van der Waals surface area contributed by atoms with Gasteiger partial charge in [-0.2, -0.15) is 0 Å². The lowest BCUT2D eigenvalue weighted by Crippen LogP contribution is -2.56. The molecule has 1 unspecified atom stereocenters. The summed E-state index contributed by atoms with van der Waals surface area (Å²) in [4.78, 5) is 0. The van der Waals surface area contributed by atoms with Crippen molar-refractivity contribution in [2.45, 2.75) is 35.5 Å². The zero-order chi connectivity index (χ0) is 10.7. The number of hydrogen-bond acceptors (Lipinski definition) is 5. The van der Waals surface area contributed by atoms with Crippen LogP contribution in [0.2, 0.25) is 0 Å². The van der Waals surface area contributed by atoms with Gasteiger partial charge in [-0.1, -0.05) is 22.6 Å². The minimum absolute atomic E-state index is 0.281. The number of hydrogen-bond donors (Lipinski definition) is 3. The van der Waals surface area contributed by atoms with E-state index >= 15 is 0 Å². The fourth-order valence-corrected chi connectivity index (χ4v) is 2.15. The van der Waals surface area contributed by atoms with E-state index in [4.69, 9.17) is 14.6 Å². The van der Waals surface area contributed by atoms with Gasteiger partial charge in [0.15, 0.2) is 6.29 Å². The average molecular weight is 314 g/mol. The van der Waals surface area contributed by atoms with Crippen LogP contribution in [0.15, 0.2) is 0 Å². The third-order valence-electron chi connectivity index (χ3n) is 2.13. The van der Waals surface area contributed by atoms with Crippen LogP contribution in [-0.4, -0.2) is 57.1 Å². The Balaban J connectivity index is 2.63. The summed E-state index contributed by atoms with van der Waals surface area (Å²) in [6.07, 6.45) is -3.18. The van der Waals surface area contributed by atoms with Gasteiger partial charge in [-0.25, -0.2) is 0 Å². The molecule has 3 N–H and O–H groups in total. The molecule has 14 heavy (non-hydrogen) atoms. The summed E-state index contributed by atoms with van der Waals surface area (Å²) >= 11 is 1.93. The smallest absolute Gasteiger partial charge is 0.185 e. The first-order valence-corrected chi connectivity index (χ1v) is 5.74. The van der Waals surface area contributed by atoms with E-state index in [1.807, 2.05) is 22.6 Å². The van der Waals surface area contributed by atoms with Crippen LogP contribution in [0.1, 0.15) is 6.92 Å². The minimum atomic E-state index is -0.868. The second kappa shape index (κ2) is 5.57. The standard InChI is InChI=1S/C8H15IO5/c1-2-13-8-7(12)5(9)6(11)4(3-10)14-8/h4-8,10-12H,2-3H2,1H3/t4-,5+,6-,7-,8?/m1/s1/i9-4. The van der Waals surface area contributed by atoms with Crippen molar-refractivity contribution in [1.29, 1.82) is 0 Å². The van der Waals surface area contributed by atoms with Crippen LogP contribution >= 0.6 is 22.6 Å². The Labute approximate surface area is 96.2 Å². The van der Waals surface area contributed by atoms with Crippen molar-refractivity contribution in [1.82, 2.24) is 0 Å². The van der Waals surface area contributed by atoms with Crippen LogP contribution in [0.4, 0.5) is 0 Å². The average Bonchev–Trinajstić information content (AvgIpc) is 2.19. The zero-order valence-corrected chi connectivity index (χ0v) is 9.99. The summed E-state index contributed by atoms with van der Waals surface area (Å²) in [5, 5.41) is 28.2. The van der Waals surface area contributed by atoms with Gasteiger partial charge in [0.1, 0.15) is 12.2 Å². The van der Waals surface area contributed by atoms with Gasteiger partial charge in [0.05, 0.1) is 16.6 Å². The lowest BCUT2D eigenvalue weighted by molar-refractivity contribution is -0.263. The molecule has 0 bridgehead atoms. The summed E-state index contributed by atoms with van der Waals surface area (Å²) < 4.78 is 9.95. The largest absolute Gasteiger partial charge is 0.394 e. The zero-order valence-electron chi connectivity index (χ0n) is 7.84. The first-order valence-electron chi connectivity index (χ1n) is 4.50. The van der Waals surface area contributed by atoms with Crippen molar-refractivity contribution >= 4 is 22.6 Å². The SMILES string of the molecule is CCOC1O[C@H](CO)[C@@H](O)[C@H]([123I])[C@H]1O. The van der Waals surface area contributed by atoms with Crippen LogP contribution < -0.4 is 0 Å².